The zero-order chi connectivity index (χ0) is 21.5. The Labute approximate surface area is 181 Å². The van der Waals surface area contributed by atoms with Crippen molar-refractivity contribution < 1.29 is 19.4 Å². The number of aromatic carboxylic acids is 1. The van der Waals surface area contributed by atoms with Gasteiger partial charge in [0.1, 0.15) is 5.69 Å². The maximum Gasteiger partial charge on any atom is 0.337 e. The second-order valence-corrected chi connectivity index (χ2v) is 7.43. The van der Waals surface area contributed by atoms with Crippen LogP contribution in [-0.2, 0) is 17.8 Å². The zero-order valence-corrected chi connectivity index (χ0v) is 17.8. The Morgan fingerprint density at radius 1 is 1.20 bits per heavy atom. The molecule has 2 heterocycles. The van der Waals surface area contributed by atoms with E-state index in [1.165, 1.54) is 18.5 Å². The van der Waals surface area contributed by atoms with E-state index in [0.717, 1.165) is 16.5 Å². The number of nitrogens with one attached hydrogen (secondary N) is 1. The molecule has 2 N–H and O–H groups in total. The van der Waals surface area contributed by atoms with Gasteiger partial charge in [-0.3, -0.25) is 14.5 Å². The summed E-state index contributed by atoms with van der Waals surface area (Å²) in [7, 11) is 1.65. The highest BCUT2D eigenvalue weighted by molar-refractivity contribution is 9.10. The van der Waals surface area contributed by atoms with Crippen LogP contribution in [0.15, 0.2) is 47.3 Å². The molecule has 0 unspecified atom stereocenters. The highest BCUT2D eigenvalue weighted by Gasteiger charge is 2.12. The maximum absolute atomic E-state index is 12.6. The van der Waals surface area contributed by atoms with E-state index >= 15 is 0 Å². The largest absolute Gasteiger partial charge is 0.478 e. The van der Waals surface area contributed by atoms with Crippen molar-refractivity contribution in [3.05, 3.63) is 64.0 Å². The van der Waals surface area contributed by atoms with Gasteiger partial charge in [-0.1, -0.05) is 21.1 Å². The van der Waals surface area contributed by atoms with E-state index in [1.54, 1.807) is 23.9 Å². The van der Waals surface area contributed by atoms with E-state index in [9.17, 15) is 9.59 Å². The molecule has 1 amide bonds. The summed E-state index contributed by atoms with van der Waals surface area (Å²) >= 11 is 3.43. The predicted molar refractivity (Wildman–Crippen MR) is 112 cm³/mol. The van der Waals surface area contributed by atoms with Crippen molar-refractivity contribution in [3.8, 4) is 11.3 Å². The molecule has 0 saturated carbocycles. The number of aryl methyl sites for hydroxylation is 1. The quantitative estimate of drug-likeness (QED) is 0.458. The van der Waals surface area contributed by atoms with Crippen molar-refractivity contribution in [2.24, 2.45) is 0 Å². The summed E-state index contributed by atoms with van der Waals surface area (Å²) in [4.78, 5) is 27.6. The number of amides is 1. The molecule has 0 aliphatic rings. The normalized spacial score (nSPS) is 10.7. The molecule has 0 atom stereocenters. The van der Waals surface area contributed by atoms with E-state index in [-0.39, 0.29) is 18.0 Å². The first-order valence-corrected chi connectivity index (χ1v) is 9.91. The SMILES string of the molecule is COCCCn1cc(-c2cc(Br)cc(C(=O)NCc3cncc(C(=O)O)c3)c2)nn1. The number of ether oxygens (including phenoxy) is 1. The molecular weight excluding hydrogens is 454 g/mol. The third-order valence-electron chi connectivity index (χ3n) is 4.22. The fourth-order valence-electron chi connectivity index (χ4n) is 2.77. The lowest BCUT2D eigenvalue weighted by molar-refractivity contribution is 0.0696. The van der Waals surface area contributed by atoms with Crippen molar-refractivity contribution in [2.75, 3.05) is 13.7 Å². The van der Waals surface area contributed by atoms with Gasteiger partial charge in [-0.15, -0.1) is 5.10 Å². The average molecular weight is 474 g/mol. The van der Waals surface area contributed by atoms with Gasteiger partial charge in [0.15, 0.2) is 0 Å². The molecule has 1 aromatic carbocycles. The second kappa shape index (κ2) is 10.1. The van der Waals surface area contributed by atoms with Crippen LogP contribution >= 0.6 is 15.9 Å². The number of carboxylic acids is 1. The zero-order valence-electron chi connectivity index (χ0n) is 16.2. The number of aromatic nitrogens is 4. The molecule has 30 heavy (non-hydrogen) atoms. The van der Waals surface area contributed by atoms with Crippen molar-refractivity contribution in [3.63, 3.8) is 0 Å². The smallest absolute Gasteiger partial charge is 0.337 e. The van der Waals surface area contributed by atoms with E-state index in [1.807, 2.05) is 12.3 Å². The number of carboxylic acid groups (broad SMARTS) is 1. The van der Waals surface area contributed by atoms with E-state index in [0.29, 0.717) is 30.0 Å². The molecule has 0 saturated heterocycles. The molecule has 3 aromatic rings. The van der Waals surface area contributed by atoms with Gasteiger partial charge in [0.2, 0.25) is 0 Å². The summed E-state index contributed by atoms with van der Waals surface area (Å²) < 4.78 is 7.50. The molecule has 0 aliphatic carbocycles. The molecule has 10 heteroatoms. The molecule has 3 rings (SSSR count). The fraction of sp³-hybridized carbons (Fsp3) is 0.250. The Morgan fingerprint density at radius 3 is 2.80 bits per heavy atom. The standard InChI is InChI=1S/C20H20BrN5O4/c1-30-4-2-3-26-12-18(24-25-26)14-6-15(8-17(21)7-14)19(27)23-10-13-5-16(20(28)29)11-22-9-13/h5-9,11-12H,2-4,10H2,1H3,(H,23,27)(H,28,29). The summed E-state index contributed by atoms with van der Waals surface area (Å²) in [5, 5.41) is 20.1. The first-order valence-electron chi connectivity index (χ1n) is 9.11. The second-order valence-electron chi connectivity index (χ2n) is 6.51. The number of hydrogen-bond donors (Lipinski definition) is 2. The Kier molecular flexibility index (Phi) is 7.26. The number of methoxy groups -OCH3 is 1. The Hall–Kier alpha value is -3.11. The number of rotatable bonds is 9. The monoisotopic (exact) mass is 473 g/mol. The molecule has 9 nitrogen and oxygen atoms in total. The van der Waals surface area contributed by atoms with E-state index in [2.05, 4.69) is 36.5 Å². The van der Waals surface area contributed by atoms with Crippen LogP contribution in [0.4, 0.5) is 0 Å². The van der Waals surface area contributed by atoms with Gasteiger partial charge in [0, 0.05) is 54.8 Å². The van der Waals surface area contributed by atoms with Crippen LogP contribution in [-0.4, -0.2) is 50.7 Å². The molecule has 2 aromatic heterocycles. The van der Waals surface area contributed by atoms with Crippen LogP contribution in [0.1, 0.15) is 32.7 Å². The molecule has 0 aliphatic heterocycles. The maximum atomic E-state index is 12.6. The number of hydrogen-bond acceptors (Lipinski definition) is 6. The van der Waals surface area contributed by atoms with Gasteiger partial charge in [-0.05, 0) is 36.2 Å². The summed E-state index contributed by atoms with van der Waals surface area (Å²) in [6.07, 6.45) is 5.42. The van der Waals surface area contributed by atoms with Crippen LogP contribution in [0, 0.1) is 0 Å². The van der Waals surface area contributed by atoms with E-state index in [4.69, 9.17) is 9.84 Å². The number of pyridine rings is 1. The average Bonchev–Trinajstić information content (AvgIpc) is 3.21. The van der Waals surface area contributed by atoms with Crippen molar-refractivity contribution >= 4 is 27.8 Å². The lowest BCUT2D eigenvalue weighted by atomic mass is 10.1. The predicted octanol–water partition coefficient (Wildman–Crippen LogP) is 2.77. The number of benzene rings is 1. The van der Waals surface area contributed by atoms with Gasteiger partial charge < -0.3 is 15.2 Å². The molecule has 0 radical (unpaired) electrons. The molecule has 0 bridgehead atoms. The lowest BCUT2D eigenvalue weighted by Gasteiger charge is -2.08. The van der Waals surface area contributed by atoms with Crippen LogP contribution in [0.5, 0.6) is 0 Å². The van der Waals surface area contributed by atoms with E-state index < -0.39 is 5.97 Å². The third kappa shape index (κ3) is 5.71. The van der Waals surface area contributed by atoms with Crippen LogP contribution in [0.25, 0.3) is 11.3 Å². The summed E-state index contributed by atoms with van der Waals surface area (Å²) in [6.45, 7) is 1.48. The van der Waals surface area contributed by atoms with Gasteiger partial charge in [0.25, 0.3) is 5.91 Å². The first-order chi connectivity index (χ1) is 14.5. The van der Waals surface area contributed by atoms with Crippen molar-refractivity contribution in [2.45, 2.75) is 19.5 Å². The van der Waals surface area contributed by atoms with Gasteiger partial charge >= 0.3 is 5.97 Å². The molecule has 0 fully saturated rings. The number of halogens is 1. The Morgan fingerprint density at radius 2 is 2.03 bits per heavy atom. The van der Waals surface area contributed by atoms with Crippen LogP contribution < -0.4 is 5.32 Å². The van der Waals surface area contributed by atoms with Gasteiger partial charge in [-0.2, -0.15) is 0 Å². The minimum absolute atomic E-state index is 0.0695. The van der Waals surface area contributed by atoms with Crippen LogP contribution in [0.3, 0.4) is 0 Å². The van der Waals surface area contributed by atoms with Crippen molar-refractivity contribution in [1.82, 2.24) is 25.3 Å². The lowest BCUT2D eigenvalue weighted by Crippen LogP contribution is -2.23. The number of carbonyl (C=O) groups is 2. The topological polar surface area (TPSA) is 119 Å². The third-order valence-corrected chi connectivity index (χ3v) is 4.68. The molecule has 156 valence electrons. The minimum atomic E-state index is -1.07. The Balaban J connectivity index is 1.71. The highest BCUT2D eigenvalue weighted by atomic mass is 79.9. The first kappa shape index (κ1) is 21.6. The Bertz CT molecular complexity index is 1050. The highest BCUT2D eigenvalue weighted by Crippen LogP contribution is 2.23. The summed E-state index contributed by atoms with van der Waals surface area (Å²) in [5.74, 6) is -1.37. The van der Waals surface area contributed by atoms with Crippen molar-refractivity contribution in [1.29, 1.82) is 0 Å². The fourth-order valence-corrected chi connectivity index (χ4v) is 3.26. The number of nitrogens with zero attached hydrogens (tertiary/aromatic N) is 4. The summed E-state index contributed by atoms with van der Waals surface area (Å²) in [5.41, 5.74) is 2.51. The van der Waals surface area contributed by atoms with Gasteiger partial charge in [0.05, 0.1) is 11.8 Å². The minimum Gasteiger partial charge on any atom is -0.478 e. The van der Waals surface area contributed by atoms with Gasteiger partial charge in [-0.25, -0.2) is 4.79 Å². The molecule has 0 spiro atoms. The summed E-state index contributed by atoms with van der Waals surface area (Å²) in [6, 6.07) is 6.77. The van der Waals surface area contributed by atoms with Crippen LogP contribution in [0.2, 0.25) is 0 Å². The number of carbonyl (C=O) groups excluding carboxylic acids is 1. The molecular formula is C20H20BrN5O4.